The van der Waals surface area contributed by atoms with Crippen molar-refractivity contribution in [3.63, 3.8) is 0 Å². The molecular weight excluding hydrogens is 458 g/mol. The number of ether oxygens (including phenoxy) is 2. The minimum Gasteiger partial charge on any atom is -0.497 e. The Labute approximate surface area is 190 Å². The van der Waals surface area contributed by atoms with E-state index in [1.54, 1.807) is 30.3 Å². The maximum Gasteiger partial charge on any atom is 0.349 e. The van der Waals surface area contributed by atoms with E-state index < -0.39 is 28.5 Å². The molecule has 0 aliphatic carbocycles. The Bertz CT molecular complexity index is 1190. The summed E-state index contributed by atoms with van der Waals surface area (Å²) in [6, 6.07) is 12.3. The number of esters is 1. The Morgan fingerprint density at radius 2 is 1.84 bits per heavy atom. The smallest absolute Gasteiger partial charge is 0.349 e. The first-order valence-corrected chi connectivity index (χ1v) is 10.8. The highest BCUT2D eigenvalue weighted by Crippen LogP contribution is 2.26. The van der Waals surface area contributed by atoms with Crippen molar-refractivity contribution in [1.29, 1.82) is 5.26 Å². The summed E-state index contributed by atoms with van der Waals surface area (Å²) in [5.41, 5.74) is 0.415. The third-order valence-corrected chi connectivity index (χ3v) is 6.37. The number of halogens is 1. The van der Waals surface area contributed by atoms with Gasteiger partial charge in [0.15, 0.2) is 6.61 Å². The van der Waals surface area contributed by atoms with E-state index in [1.807, 2.05) is 0 Å². The number of rotatable bonds is 8. The van der Waals surface area contributed by atoms with Gasteiger partial charge in [0.05, 0.1) is 12.1 Å². The number of carbonyl (C=O) groups excluding carboxylic acids is 2. The molecule has 32 heavy (non-hydrogen) atoms. The fraction of sp³-hybridized carbons (Fsp3) is 0.190. The van der Waals surface area contributed by atoms with Crippen LogP contribution >= 0.6 is 11.6 Å². The summed E-state index contributed by atoms with van der Waals surface area (Å²) >= 11 is 5.97. The van der Waals surface area contributed by atoms with Crippen LogP contribution in [0.15, 0.2) is 52.9 Å². The maximum absolute atomic E-state index is 12.3. The lowest BCUT2D eigenvalue weighted by Crippen LogP contribution is -2.24. The van der Waals surface area contributed by atoms with Crippen LogP contribution in [0.5, 0.6) is 5.75 Å². The zero-order valence-corrected chi connectivity index (χ0v) is 19.0. The van der Waals surface area contributed by atoms with Crippen molar-refractivity contribution < 1.29 is 27.5 Å². The molecule has 9 nitrogen and oxygen atoms in total. The van der Waals surface area contributed by atoms with Crippen molar-refractivity contribution in [3.05, 3.63) is 58.6 Å². The molecule has 0 atom stereocenters. The minimum atomic E-state index is -3.83. The van der Waals surface area contributed by atoms with Crippen molar-refractivity contribution >= 4 is 45.3 Å². The predicted molar refractivity (Wildman–Crippen MR) is 118 cm³/mol. The van der Waals surface area contributed by atoms with Gasteiger partial charge < -0.3 is 14.8 Å². The van der Waals surface area contributed by atoms with Crippen molar-refractivity contribution in [2.75, 3.05) is 33.1 Å². The molecular formula is C21H20ClN3O6S. The topological polar surface area (TPSA) is 126 Å². The molecule has 11 heteroatoms. The highest BCUT2D eigenvalue weighted by Gasteiger charge is 2.21. The van der Waals surface area contributed by atoms with E-state index >= 15 is 0 Å². The molecule has 0 aliphatic rings. The Kier molecular flexibility index (Phi) is 8.37. The monoisotopic (exact) mass is 477 g/mol. The maximum atomic E-state index is 12.3. The molecule has 0 heterocycles. The zero-order chi connectivity index (χ0) is 23.9. The highest BCUT2D eigenvalue weighted by molar-refractivity contribution is 7.89. The second-order valence-electron chi connectivity index (χ2n) is 6.50. The molecule has 1 amide bonds. The standard InChI is InChI=1S/C21H20ClN3O6S/c1-25(2)32(28,29)19-11-16(6-9-18(19)22)24-20(26)13-31-21(27)15(12-23)10-14-4-7-17(30-3)8-5-14/h4-11H,13H2,1-3H3,(H,24,26)/b15-10+. The van der Waals surface area contributed by atoms with E-state index in [9.17, 15) is 23.3 Å². The van der Waals surface area contributed by atoms with Crippen LogP contribution in [0.1, 0.15) is 5.56 Å². The summed E-state index contributed by atoms with van der Waals surface area (Å²) in [6.45, 7) is -0.682. The van der Waals surface area contributed by atoms with Gasteiger partial charge in [-0.2, -0.15) is 5.26 Å². The van der Waals surface area contributed by atoms with E-state index in [0.29, 0.717) is 11.3 Å². The van der Waals surface area contributed by atoms with Gasteiger partial charge in [-0.1, -0.05) is 23.7 Å². The number of carbonyl (C=O) groups is 2. The van der Waals surface area contributed by atoms with Gasteiger partial charge >= 0.3 is 5.97 Å². The second-order valence-corrected chi connectivity index (χ2v) is 9.03. The van der Waals surface area contributed by atoms with Gasteiger partial charge in [-0.25, -0.2) is 17.5 Å². The van der Waals surface area contributed by atoms with Crippen molar-refractivity contribution in [2.45, 2.75) is 4.90 Å². The lowest BCUT2D eigenvalue weighted by atomic mass is 10.1. The average molecular weight is 478 g/mol. The molecule has 168 valence electrons. The summed E-state index contributed by atoms with van der Waals surface area (Å²) in [5.74, 6) is -1.09. The van der Waals surface area contributed by atoms with Crippen molar-refractivity contribution in [2.24, 2.45) is 0 Å². The summed E-state index contributed by atoms with van der Waals surface area (Å²) in [6.07, 6.45) is 1.32. The zero-order valence-electron chi connectivity index (χ0n) is 17.5. The molecule has 0 aromatic heterocycles. The number of hydrogen-bond acceptors (Lipinski definition) is 7. The Morgan fingerprint density at radius 3 is 2.41 bits per heavy atom. The van der Waals surface area contributed by atoms with Crippen LogP contribution in [-0.4, -0.2) is 52.4 Å². The van der Waals surface area contributed by atoms with Gasteiger partial charge in [0.25, 0.3) is 5.91 Å². The number of nitrogens with zero attached hydrogens (tertiary/aromatic N) is 2. The molecule has 2 aromatic rings. The first-order valence-electron chi connectivity index (χ1n) is 9.03. The first-order chi connectivity index (χ1) is 15.1. The molecule has 0 bridgehead atoms. The van der Waals surface area contributed by atoms with E-state index in [-0.39, 0.29) is 21.2 Å². The number of nitrogens with one attached hydrogen (secondary N) is 1. The molecule has 0 saturated carbocycles. The fourth-order valence-electron chi connectivity index (χ4n) is 2.39. The van der Waals surface area contributed by atoms with E-state index in [4.69, 9.17) is 21.1 Å². The number of benzene rings is 2. The SMILES string of the molecule is COc1ccc(/C=C(\C#N)C(=O)OCC(=O)Nc2ccc(Cl)c(S(=O)(=O)N(C)C)c2)cc1. The molecule has 1 N–H and O–H groups in total. The molecule has 2 rings (SSSR count). The number of amides is 1. The van der Waals surface area contributed by atoms with Crippen LogP contribution in [0.25, 0.3) is 6.08 Å². The van der Waals surface area contributed by atoms with Crippen molar-refractivity contribution in [3.8, 4) is 11.8 Å². The molecule has 0 spiro atoms. The largest absolute Gasteiger partial charge is 0.497 e. The third-order valence-electron chi connectivity index (χ3n) is 4.08. The first kappa shape index (κ1) is 24.9. The van der Waals surface area contributed by atoms with Gasteiger partial charge in [-0.15, -0.1) is 0 Å². The summed E-state index contributed by atoms with van der Waals surface area (Å²) < 4.78 is 35.5. The quantitative estimate of drug-likeness (QED) is 0.352. The summed E-state index contributed by atoms with van der Waals surface area (Å²) in [7, 11) is 0.386. The molecule has 0 saturated heterocycles. The Hall–Kier alpha value is -3.39. The van der Waals surface area contributed by atoms with Crippen LogP contribution < -0.4 is 10.1 Å². The van der Waals surface area contributed by atoms with Crippen LogP contribution in [-0.2, 0) is 24.3 Å². The molecule has 2 aromatic carbocycles. The van der Waals surface area contributed by atoms with Gasteiger partial charge in [-0.05, 0) is 42.0 Å². The van der Waals surface area contributed by atoms with Gasteiger partial charge in [-0.3, -0.25) is 4.79 Å². The van der Waals surface area contributed by atoms with Crippen LogP contribution in [0.4, 0.5) is 5.69 Å². The van der Waals surface area contributed by atoms with Crippen molar-refractivity contribution in [1.82, 2.24) is 4.31 Å². The molecule has 0 aliphatic heterocycles. The minimum absolute atomic E-state index is 0.00884. The average Bonchev–Trinajstić information content (AvgIpc) is 2.77. The Balaban J connectivity index is 2.05. The van der Waals surface area contributed by atoms with Gasteiger partial charge in [0, 0.05) is 19.8 Å². The highest BCUT2D eigenvalue weighted by atomic mass is 35.5. The number of nitriles is 1. The number of hydrogen-bond donors (Lipinski definition) is 1. The van der Waals surface area contributed by atoms with Crippen LogP contribution in [0.3, 0.4) is 0 Å². The number of sulfonamides is 1. The van der Waals surface area contributed by atoms with E-state index in [1.165, 1.54) is 45.5 Å². The number of methoxy groups -OCH3 is 1. The molecule has 0 unspecified atom stereocenters. The van der Waals surface area contributed by atoms with Crippen LogP contribution in [0, 0.1) is 11.3 Å². The molecule has 0 radical (unpaired) electrons. The van der Waals surface area contributed by atoms with Gasteiger partial charge in [0.1, 0.15) is 22.3 Å². The summed E-state index contributed by atoms with van der Waals surface area (Å²) in [4.78, 5) is 24.1. The van der Waals surface area contributed by atoms with E-state index in [2.05, 4.69) is 5.32 Å². The molecule has 0 fully saturated rings. The van der Waals surface area contributed by atoms with Crippen LogP contribution in [0.2, 0.25) is 5.02 Å². The Morgan fingerprint density at radius 1 is 1.19 bits per heavy atom. The second kappa shape index (κ2) is 10.8. The summed E-state index contributed by atoms with van der Waals surface area (Å²) in [5, 5.41) is 11.6. The normalized spacial score (nSPS) is 11.6. The lowest BCUT2D eigenvalue weighted by molar-refractivity contribution is -0.142. The fourth-order valence-corrected chi connectivity index (χ4v) is 3.78. The lowest BCUT2D eigenvalue weighted by Gasteiger charge is -2.14. The van der Waals surface area contributed by atoms with Gasteiger partial charge in [0.2, 0.25) is 10.0 Å². The third kappa shape index (κ3) is 6.31. The van der Waals surface area contributed by atoms with E-state index in [0.717, 1.165) is 4.31 Å². The number of anilines is 1. The predicted octanol–water partition coefficient (Wildman–Crippen LogP) is 2.69.